The molecular formula is C19H25NO5S. The van der Waals surface area contributed by atoms with Crippen LogP contribution in [-0.2, 0) is 21.2 Å². The maximum Gasteiger partial charge on any atom is 0.244 e. The predicted molar refractivity (Wildman–Crippen MR) is 100 cm³/mol. The van der Waals surface area contributed by atoms with Gasteiger partial charge in [-0.15, -0.1) is 0 Å². The Bertz CT molecular complexity index is 836. The Morgan fingerprint density at radius 1 is 1.04 bits per heavy atom. The van der Waals surface area contributed by atoms with Gasteiger partial charge in [0.15, 0.2) is 0 Å². The molecule has 6 nitrogen and oxygen atoms in total. The van der Waals surface area contributed by atoms with E-state index in [0.29, 0.717) is 11.5 Å². The van der Waals surface area contributed by atoms with Crippen LogP contribution in [0.1, 0.15) is 24.2 Å². The van der Waals surface area contributed by atoms with E-state index < -0.39 is 16.1 Å². The van der Waals surface area contributed by atoms with Crippen LogP contribution in [0.25, 0.3) is 0 Å². The third-order valence-corrected chi connectivity index (χ3v) is 5.58. The van der Waals surface area contributed by atoms with Gasteiger partial charge in [0, 0.05) is 13.7 Å². The quantitative estimate of drug-likeness (QED) is 0.725. The highest BCUT2D eigenvalue weighted by Gasteiger charge is 2.22. The second-order valence-corrected chi connectivity index (χ2v) is 7.43. The molecule has 0 aliphatic carbocycles. The minimum absolute atomic E-state index is 0.0888. The summed E-state index contributed by atoms with van der Waals surface area (Å²) in [4.78, 5) is 0.125. The first-order chi connectivity index (χ1) is 12.4. The molecule has 2 aromatic carbocycles. The number of benzene rings is 2. The smallest absolute Gasteiger partial charge is 0.244 e. The summed E-state index contributed by atoms with van der Waals surface area (Å²) in [5.74, 6) is 0.995. The summed E-state index contributed by atoms with van der Waals surface area (Å²) in [6.07, 6.45) is 0.289. The minimum Gasteiger partial charge on any atom is -0.497 e. The summed E-state index contributed by atoms with van der Waals surface area (Å²) in [6, 6.07) is 12.5. The van der Waals surface area contributed by atoms with E-state index >= 15 is 0 Å². The van der Waals surface area contributed by atoms with Gasteiger partial charge in [-0.2, -0.15) is 0 Å². The van der Waals surface area contributed by atoms with E-state index in [1.807, 2.05) is 37.3 Å². The fraction of sp³-hybridized carbons (Fsp3) is 0.368. The lowest BCUT2D eigenvalue weighted by molar-refractivity contribution is 0.107. The SMILES string of the molecule is CCc1ccc(OC)c(S(=O)(=O)NCC(OC)c2cccc(OC)c2)c1. The Hall–Kier alpha value is -2.09. The van der Waals surface area contributed by atoms with Crippen molar-refractivity contribution in [1.29, 1.82) is 0 Å². The number of aryl methyl sites for hydroxylation is 1. The highest BCUT2D eigenvalue weighted by Crippen LogP contribution is 2.26. The van der Waals surface area contributed by atoms with Crippen LogP contribution in [0, 0.1) is 0 Å². The molecule has 0 bridgehead atoms. The van der Waals surface area contributed by atoms with Crippen molar-refractivity contribution in [3.8, 4) is 11.5 Å². The van der Waals surface area contributed by atoms with Crippen molar-refractivity contribution in [2.24, 2.45) is 0 Å². The molecule has 0 saturated heterocycles. The molecule has 0 heterocycles. The maximum absolute atomic E-state index is 12.8. The van der Waals surface area contributed by atoms with Crippen LogP contribution in [0.4, 0.5) is 0 Å². The van der Waals surface area contributed by atoms with E-state index in [1.165, 1.54) is 14.2 Å². The highest BCUT2D eigenvalue weighted by atomic mass is 32.2. The normalized spacial score (nSPS) is 12.6. The van der Waals surface area contributed by atoms with Gasteiger partial charge in [-0.1, -0.05) is 25.1 Å². The number of ether oxygens (including phenoxy) is 3. The average molecular weight is 379 g/mol. The molecule has 0 aliphatic heterocycles. The van der Waals surface area contributed by atoms with Crippen molar-refractivity contribution in [3.63, 3.8) is 0 Å². The lowest BCUT2D eigenvalue weighted by atomic mass is 10.1. The van der Waals surface area contributed by atoms with Crippen LogP contribution in [0.2, 0.25) is 0 Å². The van der Waals surface area contributed by atoms with Crippen molar-refractivity contribution in [1.82, 2.24) is 4.72 Å². The van der Waals surface area contributed by atoms with Crippen LogP contribution >= 0.6 is 0 Å². The highest BCUT2D eigenvalue weighted by molar-refractivity contribution is 7.89. The van der Waals surface area contributed by atoms with Crippen LogP contribution in [0.15, 0.2) is 47.4 Å². The summed E-state index contributed by atoms with van der Waals surface area (Å²) in [5, 5.41) is 0. The van der Waals surface area contributed by atoms with Gasteiger partial charge in [0.05, 0.1) is 20.3 Å². The summed E-state index contributed by atoms with van der Waals surface area (Å²) in [5.41, 5.74) is 1.74. The maximum atomic E-state index is 12.8. The molecule has 1 unspecified atom stereocenters. The Labute approximate surface area is 155 Å². The number of hydrogen-bond acceptors (Lipinski definition) is 5. The van der Waals surface area contributed by atoms with E-state index in [4.69, 9.17) is 14.2 Å². The molecule has 0 aromatic heterocycles. The first kappa shape index (κ1) is 20.2. The van der Waals surface area contributed by atoms with E-state index in [1.54, 1.807) is 19.2 Å². The number of nitrogens with one attached hydrogen (secondary N) is 1. The predicted octanol–water partition coefficient (Wildman–Crippen LogP) is 2.93. The van der Waals surface area contributed by atoms with Gasteiger partial charge in [-0.3, -0.25) is 0 Å². The molecule has 26 heavy (non-hydrogen) atoms. The molecule has 0 fully saturated rings. The van der Waals surface area contributed by atoms with Crippen LogP contribution in [-0.4, -0.2) is 36.3 Å². The first-order valence-electron chi connectivity index (χ1n) is 8.28. The molecule has 1 atom stereocenters. The fourth-order valence-electron chi connectivity index (χ4n) is 2.59. The zero-order valence-corrected chi connectivity index (χ0v) is 16.3. The summed E-state index contributed by atoms with van der Waals surface area (Å²) < 4.78 is 44.1. The molecule has 0 aliphatic rings. The number of hydrogen-bond donors (Lipinski definition) is 1. The molecule has 0 radical (unpaired) electrons. The van der Waals surface area contributed by atoms with Gasteiger partial charge in [-0.05, 0) is 41.8 Å². The Morgan fingerprint density at radius 3 is 2.42 bits per heavy atom. The van der Waals surface area contributed by atoms with Crippen LogP contribution < -0.4 is 14.2 Å². The van der Waals surface area contributed by atoms with E-state index in [9.17, 15) is 8.42 Å². The zero-order valence-electron chi connectivity index (χ0n) is 15.5. The van der Waals surface area contributed by atoms with Crippen molar-refractivity contribution in [2.75, 3.05) is 27.9 Å². The summed E-state index contributed by atoms with van der Waals surface area (Å²) >= 11 is 0. The lowest BCUT2D eigenvalue weighted by Gasteiger charge is -2.18. The molecule has 0 spiro atoms. The lowest BCUT2D eigenvalue weighted by Crippen LogP contribution is -2.29. The molecule has 7 heteroatoms. The standard InChI is InChI=1S/C19H25NO5S/c1-5-14-9-10-17(24-3)19(11-14)26(21,22)20-13-18(25-4)15-7-6-8-16(12-15)23-2/h6-12,18,20H,5,13H2,1-4H3. The molecule has 142 valence electrons. The monoisotopic (exact) mass is 379 g/mol. The van der Waals surface area contributed by atoms with Crippen LogP contribution in [0.3, 0.4) is 0 Å². The van der Waals surface area contributed by atoms with Crippen molar-refractivity contribution in [2.45, 2.75) is 24.3 Å². The first-order valence-corrected chi connectivity index (χ1v) is 9.76. The number of methoxy groups -OCH3 is 3. The number of rotatable bonds is 9. The molecule has 0 amide bonds. The molecule has 1 N–H and O–H groups in total. The van der Waals surface area contributed by atoms with Gasteiger partial charge in [0.1, 0.15) is 16.4 Å². The van der Waals surface area contributed by atoms with Gasteiger partial charge < -0.3 is 14.2 Å². The molecule has 0 saturated carbocycles. The molecule has 2 aromatic rings. The van der Waals surface area contributed by atoms with E-state index in [0.717, 1.165) is 17.5 Å². The number of sulfonamides is 1. The molecular weight excluding hydrogens is 354 g/mol. The zero-order chi connectivity index (χ0) is 19.2. The Morgan fingerprint density at radius 2 is 1.81 bits per heavy atom. The van der Waals surface area contributed by atoms with Gasteiger partial charge in [0.25, 0.3) is 0 Å². The van der Waals surface area contributed by atoms with Crippen LogP contribution in [0.5, 0.6) is 11.5 Å². The summed E-state index contributed by atoms with van der Waals surface area (Å²) in [7, 11) is 0.820. The van der Waals surface area contributed by atoms with Crippen molar-refractivity contribution in [3.05, 3.63) is 53.6 Å². The third-order valence-electron chi connectivity index (χ3n) is 4.13. The molecule has 2 rings (SSSR count). The van der Waals surface area contributed by atoms with Crippen molar-refractivity contribution >= 4 is 10.0 Å². The Balaban J connectivity index is 2.23. The largest absolute Gasteiger partial charge is 0.497 e. The topological polar surface area (TPSA) is 73.9 Å². The summed E-state index contributed by atoms with van der Waals surface area (Å²) in [6.45, 7) is 2.06. The van der Waals surface area contributed by atoms with Gasteiger partial charge in [-0.25, -0.2) is 13.1 Å². The van der Waals surface area contributed by atoms with Crippen molar-refractivity contribution < 1.29 is 22.6 Å². The third kappa shape index (κ3) is 4.75. The minimum atomic E-state index is -3.75. The Kier molecular flexibility index (Phi) is 7.02. The second kappa shape index (κ2) is 9.02. The second-order valence-electron chi connectivity index (χ2n) is 5.69. The fourth-order valence-corrected chi connectivity index (χ4v) is 3.84. The average Bonchev–Trinajstić information content (AvgIpc) is 2.68. The van der Waals surface area contributed by atoms with E-state index in [-0.39, 0.29) is 11.4 Å². The van der Waals surface area contributed by atoms with Gasteiger partial charge >= 0.3 is 0 Å². The van der Waals surface area contributed by atoms with Gasteiger partial charge in [0.2, 0.25) is 10.0 Å². The van der Waals surface area contributed by atoms with E-state index in [2.05, 4.69) is 4.72 Å².